The summed E-state index contributed by atoms with van der Waals surface area (Å²) in [7, 11) is 1.43. The van der Waals surface area contributed by atoms with Crippen LogP contribution >= 0.6 is 0 Å². The number of amides is 3. The van der Waals surface area contributed by atoms with Crippen LogP contribution < -0.4 is 16.0 Å². The molecule has 1 heterocycles. The second-order valence-corrected chi connectivity index (χ2v) is 6.00. The van der Waals surface area contributed by atoms with E-state index in [0.29, 0.717) is 11.4 Å². The Morgan fingerprint density at radius 3 is 2.20 bits per heavy atom. The molecule has 0 saturated heterocycles. The third-order valence-corrected chi connectivity index (χ3v) is 4.05. The monoisotopic (exact) mass is 406 g/mol. The lowest BCUT2D eigenvalue weighted by Crippen LogP contribution is -2.23. The fourth-order valence-corrected chi connectivity index (χ4v) is 2.56. The molecule has 0 fully saturated rings. The summed E-state index contributed by atoms with van der Waals surface area (Å²) in [6.45, 7) is 0. The van der Waals surface area contributed by atoms with Gasteiger partial charge in [0.2, 0.25) is 0 Å². The zero-order valence-electron chi connectivity index (χ0n) is 15.6. The largest absolute Gasteiger partial charge is 0.354 e. The van der Waals surface area contributed by atoms with E-state index in [1.165, 1.54) is 49.8 Å². The highest BCUT2D eigenvalue weighted by Crippen LogP contribution is 2.17. The van der Waals surface area contributed by atoms with Crippen molar-refractivity contribution in [2.45, 2.75) is 0 Å². The van der Waals surface area contributed by atoms with Gasteiger partial charge in [-0.1, -0.05) is 0 Å². The van der Waals surface area contributed by atoms with Crippen molar-refractivity contribution in [3.8, 4) is 6.07 Å². The molecule has 2 aromatic carbocycles. The van der Waals surface area contributed by atoms with E-state index >= 15 is 0 Å². The SMILES string of the molecule is CNC(=O)c1[nH]cnc1C(=O)Nc1ccc(NC(=O)c2ccc(C#N)cc2F)cc1. The zero-order chi connectivity index (χ0) is 21.7. The molecule has 1 aromatic heterocycles. The zero-order valence-corrected chi connectivity index (χ0v) is 15.6. The number of nitrogens with one attached hydrogen (secondary N) is 4. The third kappa shape index (κ3) is 4.31. The van der Waals surface area contributed by atoms with Gasteiger partial charge in [0.05, 0.1) is 23.5 Å². The maximum atomic E-state index is 14.0. The highest BCUT2D eigenvalue weighted by Gasteiger charge is 2.19. The average Bonchev–Trinajstić information content (AvgIpc) is 3.24. The van der Waals surface area contributed by atoms with Crippen molar-refractivity contribution >= 4 is 29.1 Å². The van der Waals surface area contributed by atoms with Gasteiger partial charge in [0.15, 0.2) is 5.69 Å². The number of benzene rings is 2. The molecule has 30 heavy (non-hydrogen) atoms. The van der Waals surface area contributed by atoms with E-state index in [9.17, 15) is 18.8 Å². The predicted molar refractivity (Wildman–Crippen MR) is 105 cm³/mol. The van der Waals surface area contributed by atoms with Crippen molar-refractivity contribution in [1.82, 2.24) is 15.3 Å². The average molecular weight is 406 g/mol. The van der Waals surface area contributed by atoms with Crippen LogP contribution in [0.25, 0.3) is 0 Å². The van der Waals surface area contributed by atoms with Crippen LogP contribution in [0.1, 0.15) is 36.9 Å². The second-order valence-electron chi connectivity index (χ2n) is 6.00. The number of halogens is 1. The standard InChI is InChI=1S/C20H15FN6O3/c1-23-19(29)16-17(25-10-24-16)20(30)27-13-5-3-12(4-6-13)26-18(28)14-7-2-11(9-22)8-15(14)21/h2-8,10H,1H3,(H,23,29)(H,24,25)(H,26,28)(H,27,30). The molecule has 0 bridgehead atoms. The first-order chi connectivity index (χ1) is 14.4. The Morgan fingerprint density at radius 2 is 1.63 bits per heavy atom. The second kappa shape index (κ2) is 8.66. The van der Waals surface area contributed by atoms with Crippen LogP contribution in [0.15, 0.2) is 48.8 Å². The molecule has 150 valence electrons. The Labute approximate surface area is 169 Å². The van der Waals surface area contributed by atoms with E-state index in [1.807, 2.05) is 0 Å². The molecular formula is C20H15FN6O3. The van der Waals surface area contributed by atoms with Crippen LogP contribution in [-0.4, -0.2) is 34.7 Å². The summed E-state index contributed by atoms with van der Waals surface area (Å²) in [4.78, 5) is 42.8. The molecule has 0 aliphatic carbocycles. The molecule has 3 amide bonds. The first-order valence-corrected chi connectivity index (χ1v) is 8.60. The molecular weight excluding hydrogens is 391 g/mol. The Balaban J connectivity index is 1.68. The number of aromatic amines is 1. The Bertz CT molecular complexity index is 1160. The highest BCUT2D eigenvalue weighted by molar-refractivity contribution is 6.10. The summed E-state index contributed by atoms with van der Waals surface area (Å²) in [5.41, 5.74) is 0.639. The van der Waals surface area contributed by atoms with Crippen molar-refractivity contribution in [3.05, 3.63) is 77.1 Å². The number of carbonyl (C=O) groups excluding carboxylic acids is 3. The number of aromatic nitrogens is 2. The van der Waals surface area contributed by atoms with Gasteiger partial charge in [-0.25, -0.2) is 9.37 Å². The fraction of sp³-hybridized carbons (Fsp3) is 0.0500. The summed E-state index contributed by atoms with van der Waals surface area (Å²) in [6, 6.07) is 11.4. The van der Waals surface area contributed by atoms with Gasteiger partial charge in [0.1, 0.15) is 11.5 Å². The maximum Gasteiger partial charge on any atom is 0.276 e. The van der Waals surface area contributed by atoms with Crippen molar-refractivity contribution in [2.75, 3.05) is 17.7 Å². The number of anilines is 2. The lowest BCUT2D eigenvalue weighted by atomic mass is 10.1. The minimum absolute atomic E-state index is 0.0309. The van der Waals surface area contributed by atoms with Gasteiger partial charge in [0, 0.05) is 18.4 Å². The first-order valence-electron chi connectivity index (χ1n) is 8.60. The third-order valence-electron chi connectivity index (χ3n) is 4.05. The van der Waals surface area contributed by atoms with Crippen LogP contribution in [0, 0.1) is 17.1 Å². The fourth-order valence-electron chi connectivity index (χ4n) is 2.56. The topological polar surface area (TPSA) is 140 Å². The van der Waals surface area contributed by atoms with E-state index in [2.05, 4.69) is 25.9 Å². The number of hydrogen-bond acceptors (Lipinski definition) is 5. The van der Waals surface area contributed by atoms with Gasteiger partial charge < -0.3 is 20.9 Å². The molecule has 0 radical (unpaired) electrons. The molecule has 4 N–H and O–H groups in total. The summed E-state index contributed by atoms with van der Waals surface area (Å²) in [5, 5.41) is 16.3. The first kappa shape index (κ1) is 20.2. The van der Waals surface area contributed by atoms with Crippen molar-refractivity contribution < 1.29 is 18.8 Å². The minimum atomic E-state index is -0.804. The van der Waals surface area contributed by atoms with Gasteiger partial charge in [-0.3, -0.25) is 14.4 Å². The minimum Gasteiger partial charge on any atom is -0.354 e. The normalized spacial score (nSPS) is 10.0. The van der Waals surface area contributed by atoms with Crippen LogP contribution in [0.4, 0.5) is 15.8 Å². The van der Waals surface area contributed by atoms with Crippen LogP contribution in [0.5, 0.6) is 0 Å². The number of rotatable bonds is 5. The molecule has 9 nitrogen and oxygen atoms in total. The number of hydrogen-bond donors (Lipinski definition) is 4. The maximum absolute atomic E-state index is 14.0. The van der Waals surface area contributed by atoms with E-state index in [-0.39, 0.29) is 22.5 Å². The molecule has 0 aliphatic rings. The van der Waals surface area contributed by atoms with Gasteiger partial charge in [-0.05, 0) is 42.5 Å². The summed E-state index contributed by atoms with van der Waals surface area (Å²) < 4.78 is 14.0. The van der Waals surface area contributed by atoms with E-state index in [1.54, 1.807) is 6.07 Å². The van der Waals surface area contributed by atoms with Gasteiger partial charge in [-0.15, -0.1) is 0 Å². The summed E-state index contributed by atoms with van der Waals surface area (Å²) in [6.07, 6.45) is 1.24. The molecule has 0 spiro atoms. The quantitative estimate of drug-likeness (QED) is 0.515. The molecule has 0 saturated carbocycles. The van der Waals surface area contributed by atoms with Gasteiger partial charge in [0.25, 0.3) is 17.7 Å². The molecule has 3 rings (SSSR count). The van der Waals surface area contributed by atoms with Crippen molar-refractivity contribution in [2.24, 2.45) is 0 Å². The van der Waals surface area contributed by atoms with Gasteiger partial charge in [-0.2, -0.15) is 5.26 Å². The summed E-state index contributed by atoms with van der Waals surface area (Å²) >= 11 is 0. The smallest absolute Gasteiger partial charge is 0.276 e. The lowest BCUT2D eigenvalue weighted by Gasteiger charge is -2.08. The Hall–Kier alpha value is -4.52. The number of carbonyl (C=O) groups is 3. The van der Waals surface area contributed by atoms with Crippen LogP contribution in [-0.2, 0) is 0 Å². The number of nitriles is 1. The van der Waals surface area contributed by atoms with Crippen LogP contribution in [0.3, 0.4) is 0 Å². The lowest BCUT2D eigenvalue weighted by molar-refractivity contribution is 0.0943. The van der Waals surface area contributed by atoms with Crippen molar-refractivity contribution in [1.29, 1.82) is 5.26 Å². The van der Waals surface area contributed by atoms with Crippen molar-refractivity contribution in [3.63, 3.8) is 0 Å². The highest BCUT2D eigenvalue weighted by atomic mass is 19.1. The molecule has 0 atom stereocenters. The van der Waals surface area contributed by atoms with E-state index in [4.69, 9.17) is 5.26 Å². The Kier molecular flexibility index (Phi) is 5.84. The summed E-state index contributed by atoms with van der Waals surface area (Å²) in [5.74, 6) is -2.56. The number of H-pyrrole nitrogens is 1. The van der Waals surface area contributed by atoms with Crippen LogP contribution in [0.2, 0.25) is 0 Å². The number of imidazole rings is 1. The predicted octanol–water partition coefficient (Wildman–Crippen LogP) is 2.28. The van der Waals surface area contributed by atoms with E-state index < -0.39 is 23.5 Å². The van der Waals surface area contributed by atoms with E-state index in [0.717, 1.165) is 6.07 Å². The molecule has 0 unspecified atom stereocenters. The Morgan fingerprint density at radius 1 is 1.00 bits per heavy atom. The molecule has 0 aliphatic heterocycles. The molecule has 10 heteroatoms. The number of nitrogens with zero attached hydrogens (tertiary/aromatic N) is 2. The van der Waals surface area contributed by atoms with Gasteiger partial charge >= 0.3 is 0 Å². The molecule has 3 aromatic rings.